The van der Waals surface area contributed by atoms with Crippen molar-refractivity contribution in [2.75, 3.05) is 11.2 Å². The summed E-state index contributed by atoms with van der Waals surface area (Å²) in [6.45, 7) is 3.92. The minimum atomic E-state index is -0.614. The van der Waals surface area contributed by atoms with E-state index in [1.54, 1.807) is 22.7 Å². The highest BCUT2D eigenvalue weighted by Gasteiger charge is 2.45. The predicted molar refractivity (Wildman–Crippen MR) is 123 cm³/mol. The Labute approximate surface area is 186 Å². The number of nitrogens with zero attached hydrogens (tertiary/aromatic N) is 3. The SMILES string of the molecule is CCc1nnc(N2C(=O)c3oc4ccc(C)cc4c(=O)c3C2c2ccc(SC)cc2)s1. The van der Waals surface area contributed by atoms with E-state index in [1.807, 2.05) is 56.5 Å². The van der Waals surface area contributed by atoms with Crippen molar-refractivity contribution in [3.05, 3.63) is 80.1 Å². The number of hydrogen-bond acceptors (Lipinski definition) is 7. The van der Waals surface area contributed by atoms with Gasteiger partial charge in [-0.25, -0.2) is 0 Å². The second-order valence-corrected chi connectivity index (χ2v) is 9.28. The molecule has 0 N–H and O–H groups in total. The standard InChI is InChI=1S/C23H19N3O3S2/c1-4-17-24-25-23(31-17)26-19(13-6-8-14(30-3)9-7-13)18-20(27)15-11-12(2)5-10-16(15)29-21(18)22(26)28/h5-11,19H,4H2,1-3H3. The number of hydrogen-bond donors (Lipinski definition) is 0. The third-order valence-corrected chi connectivity index (χ3v) is 7.23. The van der Waals surface area contributed by atoms with Gasteiger partial charge in [0.1, 0.15) is 10.6 Å². The molecule has 2 aromatic heterocycles. The van der Waals surface area contributed by atoms with Gasteiger partial charge in [-0.15, -0.1) is 22.0 Å². The van der Waals surface area contributed by atoms with Gasteiger partial charge in [-0.3, -0.25) is 14.5 Å². The maximum absolute atomic E-state index is 13.6. The summed E-state index contributed by atoms with van der Waals surface area (Å²) >= 11 is 2.99. The minimum absolute atomic E-state index is 0.0774. The number of rotatable bonds is 4. The Morgan fingerprint density at radius 3 is 2.58 bits per heavy atom. The van der Waals surface area contributed by atoms with Crippen LogP contribution in [0.1, 0.15) is 45.2 Å². The molecule has 1 atom stereocenters. The van der Waals surface area contributed by atoms with Gasteiger partial charge in [0.2, 0.25) is 10.9 Å². The lowest BCUT2D eigenvalue weighted by Gasteiger charge is -2.22. The Morgan fingerprint density at radius 2 is 1.90 bits per heavy atom. The van der Waals surface area contributed by atoms with Crippen LogP contribution in [0.4, 0.5) is 5.13 Å². The zero-order chi connectivity index (χ0) is 21.7. The summed E-state index contributed by atoms with van der Waals surface area (Å²) in [5, 5.41) is 10.2. The molecule has 5 rings (SSSR count). The third-order valence-electron chi connectivity index (χ3n) is 5.42. The molecule has 2 aromatic carbocycles. The van der Waals surface area contributed by atoms with Crippen LogP contribution in [0.25, 0.3) is 11.0 Å². The van der Waals surface area contributed by atoms with Gasteiger partial charge in [0.15, 0.2) is 5.43 Å². The molecule has 0 spiro atoms. The van der Waals surface area contributed by atoms with Crippen molar-refractivity contribution in [3.8, 4) is 0 Å². The van der Waals surface area contributed by atoms with Crippen molar-refractivity contribution >= 4 is 45.1 Å². The molecule has 0 radical (unpaired) electrons. The number of thioether (sulfide) groups is 1. The van der Waals surface area contributed by atoms with Gasteiger partial charge in [0.25, 0.3) is 5.91 Å². The molecule has 31 heavy (non-hydrogen) atoms. The summed E-state index contributed by atoms with van der Waals surface area (Å²) < 4.78 is 5.99. The number of aryl methyl sites for hydroxylation is 2. The second-order valence-electron chi connectivity index (χ2n) is 7.36. The average molecular weight is 450 g/mol. The van der Waals surface area contributed by atoms with Crippen molar-refractivity contribution < 1.29 is 9.21 Å². The van der Waals surface area contributed by atoms with Crippen molar-refractivity contribution in [1.82, 2.24) is 10.2 Å². The molecule has 0 aliphatic carbocycles. The molecule has 6 nitrogen and oxygen atoms in total. The molecule has 1 aliphatic rings. The van der Waals surface area contributed by atoms with Gasteiger partial charge >= 0.3 is 0 Å². The lowest BCUT2D eigenvalue weighted by Crippen LogP contribution is -2.29. The van der Waals surface area contributed by atoms with Crippen LogP contribution < -0.4 is 10.3 Å². The number of amides is 1. The highest BCUT2D eigenvalue weighted by atomic mass is 32.2. The monoisotopic (exact) mass is 449 g/mol. The van der Waals surface area contributed by atoms with E-state index in [4.69, 9.17) is 4.42 Å². The minimum Gasteiger partial charge on any atom is -0.450 e. The summed E-state index contributed by atoms with van der Waals surface area (Å²) in [5.41, 5.74) is 2.37. The first-order chi connectivity index (χ1) is 15.0. The zero-order valence-corrected chi connectivity index (χ0v) is 18.8. The van der Waals surface area contributed by atoms with Gasteiger partial charge in [0.05, 0.1) is 17.0 Å². The summed E-state index contributed by atoms with van der Waals surface area (Å²) in [4.78, 5) is 29.7. The molecular weight excluding hydrogens is 430 g/mol. The van der Waals surface area contributed by atoms with E-state index in [0.717, 1.165) is 27.5 Å². The van der Waals surface area contributed by atoms with E-state index in [0.29, 0.717) is 21.7 Å². The lowest BCUT2D eigenvalue weighted by atomic mass is 9.98. The summed E-state index contributed by atoms with van der Waals surface area (Å²) in [7, 11) is 0. The van der Waals surface area contributed by atoms with E-state index in [1.165, 1.54) is 11.3 Å². The molecule has 8 heteroatoms. The van der Waals surface area contributed by atoms with Crippen LogP contribution >= 0.6 is 23.1 Å². The number of carbonyl (C=O) groups is 1. The normalized spacial score (nSPS) is 15.6. The first kappa shape index (κ1) is 20.0. The lowest BCUT2D eigenvalue weighted by molar-refractivity contribution is 0.0970. The molecule has 1 unspecified atom stereocenters. The number of fused-ring (bicyclic) bond motifs is 2. The highest BCUT2D eigenvalue weighted by molar-refractivity contribution is 7.98. The molecule has 4 aromatic rings. The molecule has 156 valence electrons. The number of aromatic nitrogens is 2. The van der Waals surface area contributed by atoms with E-state index >= 15 is 0 Å². The first-order valence-electron chi connectivity index (χ1n) is 9.89. The topological polar surface area (TPSA) is 76.3 Å². The average Bonchev–Trinajstić information content (AvgIpc) is 3.37. The van der Waals surface area contributed by atoms with Crippen LogP contribution in [-0.2, 0) is 6.42 Å². The van der Waals surface area contributed by atoms with Crippen LogP contribution in [0.2, 0.25) is 0 Å². The maximum Gasteiger partial charge on any atom is 0.297 e. The Kier molecular flexibility index (Phi) is 4.91. The molecule has 3 heterocycles. The number of benzene rings is 2. The van der Waals surface area contributed by atoms with Gasteiger partial charge < -0.3 is 4.42 Å². The molecule has 0 saturated carbocycles. The van der Waals surface area contributed by atoms with Crippen molar-refractivity contribution in [2.24, 2.45) is 0 Å². The van der Waals surface area contributed by atoms with Crippen LogP contribution in [0.3, 0.4) is 0 Å². The highest BCUT2D eigenvalue weighted by Crippen LogP contribution is 2.42. The summed E-state index contributed by atoms with van der Waals surface area (Å²) in [5.74, 6) is -0.291. The molecule has 1 amide bonds. The van der Waals surface area contributed by atoms with E-state index < -0.39 is 6.04 Å². The largest absolute Gasteiger partial charge is 0.450 e. The quantitative estimate of drug-likeness (QED) is 0.409. The second kappa shape index (κ2) is 7.62. The van der Waals surface area contributed by atoms with Crippen molar-refractivity contribution in [3.63, 3.8) is 0 Å². The Morgan fingerprint density at radius 1 is 1.13 bits per heavy atom. The molecular formula is C23H19N3O3S2. The summed E-state index contributed by atoms with van der Waals surface area (Å²) in [6, 6.07) is 12.7. The zero-order valence-electron chi connectivity index (χ0n) is 17.2. The predicted octanol–water partition coefficient (Wildman–Crippen LogP) is 4.99. The van der Waals surface area contributed by atoms with E-state index in [9.17, 15) is 9.59 Å². The van der Waals surface area contributed by atoms with Crippen molar-refractivity contribution in [2.45, 2.75) is 31.2 Å². The molecule has 0 fully saturated rings. The van der Waals surface area contributed by atoms with Gasteiger partial charge in [-0.05, 0) is 49.4 Å². The van der Waals surface area contributed by atoms with Crippen LogP contribution in [-0.4, -0.2) is 22.4 Å². The van der Waals surface area contributed by atoms with E-state index in [2.05, 4.69) is 10.2 Å². The van der Waals surface area contributed by atoms with Crippen molar-refractivity contribution in [1.29, 1.82) is 0 Å². The summed E-state index contributed by atoms with van der Waals surface area (Å²) in [6.07, 6.45) is 2.73. The van der Waals surface area contributed by atoms with Crippen LogP contribution in [0.15, 0.2) is 56.6 Å². The fraction of sp³-hybridized carbons (Fsp3) is 0.217. The Balaban J connectivity index is 1.78. The molecule has 0 saturated heterocycles. The molecule has 0 bridgehead atoms. The Hall–Kier alpha value is -2.97. The number of anilines is 1. The number of carbonyl (C=O) groups excluding carboxylic acids is 1. The maximum atomic E-state index is 13.6. The fourth-order valence-electron chi connectivity index (χ4n) is 3.87. The third kappa shape index (κ3) is 3.18. The van der Waals surface area contributed by atoms with Crippen LogP contribution in [0, 0.1) is 6.92 Å². The molecule has 1 aliphatic heterocycles. The fourth-order valence-corrected chi connectivity index (χ4v) is 5.08. The van der Waals surface area contributed by atoms with Gasteiger partial charge in [-0.1, -0.05) is 42.0 Å². The van der Waals surface area contributed by atoms with Crippen LogP contribution in [0.5, 0.6) is 0 Å². The first-order valence-corrected chi connectivity index (χ1v) is 11.9. The smallest absolute Gasteiger partial charge is 0.297 e. The Bertz CT molecular complexity index is 1380. The van der Waals surface area contributed by atoms with E-state index in [-0.39, 0.29) is 17.1 Å². The van der Waals surface area contributed by atoms with Gasteiger partial charge in [-0.2, -0.15) is 0 Å². The van der Waals surface area contributed by atoms with Gasteiger partial charge in [0, 0.05) is 4.90 Å².